The third-order valence-electron chi connectivity index (χ3n) is 1.85. The Morgan fingerprint density at radius 3 is 1.45 bits per heavy atom. The van der Waals surface area contributed by atoms with Gasteiger partial charge in [0.15, 0.2) is 0 Å². The summed E-state index contributed by atoms with van der Waals surface area (Å²) in [6, 6.07) is 0. The van der Waals surface area contributed by atoms with Crippen molar-refractivity contribution in [2.75, 3.05) is 0 Å². The van der Waals surface area contributed by atoms with Gasteiger partial charge in [0.05, 0.1) is 11.9 Å². The van der Waals surface area contributed by atoms with Crippen molar-refractivity contribution >= 4 is 88.9 Å². The summed E-state index contributed by atoms with van der Waals surface area (Å²) in [5, 5.41) is 53.3. The molecule has 0 aromatic carbocycles. The minimum atomic E-state index is -2.44. The van der Waals surface area contributed by atoms with E-state index >= 15 is 0 Å². The summed E-state index contributed by atoms with van der Waals surface area (Å²) in [4.78, 5) is 40.3. The standard InChI is InChI=1S/C4H4GeO6.C4H6O6.Ba/c6-1-2(7)4(9)11-5-10-3(1)8;5-1(3(7)8)2(6)4(9)10;/h1-2,6-7H;1-2,5-6H,(H,7,8)(H,9,10);/q;;+2/p-2. The Morgan fingerprint density at radius 1 is 0.955 bits per heavy atom. The van der Waals surface area contributed by atoms with E-state index < -0.39 is 64.4 Å². The van der Waals surface area contributed by atoms with Gasteiger partial charge >= 0.3 is 116 Å². The molecule has 1 fully saturated rings. The minimum Gasteiger partial charge on any atom is 2.00 e. The van der Waals surface area contributed by atoms with Gasteiger partial charge in [-0.15, -0.1) is 0 Å². The van der Waals surface area contributed by atoms with Gasteiger partial charge in [-0.05, 0) is 0 Å². The minimum absolute atomic E-state index is 0. The van der Waals surface area contributed by atoms with E-state index in [4.69, 9.17) is 20.4 Å². The molecule has 0 bridgehead atoms. The summed E-state index contributed by atoms with van der Waals surface area (Å²) in [7, 11) is 0. The first-order valence-electron chi connectivity index (χ1n) is 4.90. The number of hydrogen-bond donors (Lipinski definition) is 4. The average molecular weight is 506 g/mol. The molecule has 22 heavy (non-hydrogen) atoms. The quantitative estimate of drug-likeness (QED) is 0.263. The van der Waals surface area contributed by atoms with Crippen LogP contribution < -0.4 is 10.2 Å². The molecule has 0 saturated carbocycles. The average Bonchev–Trinajstić information content (AvgIpc) is 2.52. The maximum Gasteiger partial charge on any atom is 2.00 e. The number of carboxylic acid groups (broad SMARTS) is 2. The van der Waals surface area contributed by atoms with Gasteiger partial charge in [-0.3, -0.25) is 0 Å². The van der Waals surface area contributed by atoms with Gasteiger partial charge in [0, 0.05) is 0 Å². The summed E-state index contributed by atoms with van der Waals surface area (Å²) in [6.07, 6.45) is -8.50. The third-order valence-corrected chi connectivity index (χ3v) is 3.04. The molecule has 2 radical (unpaired) electrons. The third kappa shape index (κ3) is 7.90. The maximum atomic E-state index is 10.5. The Morgan fingerprint density at radius 2 is 1.23 bits per heavy atom. The number of aliphatic carboxylic acids is 2. The number of carbonyl (C=O) groups excluding carboxylic acids is 4. The largest absolute Gasteiger partial charge is 2.00 e. The van der Waals surface area contributed by atoms with E-state index in [-0.39, 0.29) is 48.9 Å². The molecule has 1 heterocycles. The zero-order valence-corrected chi connectivity index (χ0v) is 17.1. The molecule has 4 unspecified atom stereocenters. The number of carboxylic acids is 2. The van der Waals surface area contributed by atoms with E-state index in [2.05, 4.69) is 7.53 Å². The van der Waals surface area contributed by atoms with Crippen molar-refractivity contribution in [2.24, 2.45) is 0 Å². The summed E-state index contributed by atoms with van der Waals surface area (Å²) in [5.74, 6) is -6.14. The first-order valence-corrected chi connectivity index (χ1v) is 6.61. The molecular weight excluding hydrogens is 498 g/mol. The molecule has 0 aromatic rings. The Kier molecular flexibility index (Phi) is 12.5. The van der Waals surface area contributed by atoms with E-state index in [0.29, 0.717) is 0 Å². The van der Waals surface area contributed by atoms with Gasteiger partial charge in [-0.2, -0.15) is 0 Å². The monoisotopic (exact) mass is 508 g/mol. The van der Waals surface area contributed by atoms with Crippen LogP contribution in [0, 0.1) is 0 Å². The van der Waals surface area contributed by atoms with E-state index in [9.17, 15) is 29.4 Å². The predicted octanol–water partition coefficient (Wildman–Crippen LogP) is -7.83. The normalized spacial score (nSPS) is 23.3. The van der Waals surface area contributed by atoms with Crippen LogP contribution >= 0.6 is 0 Å². The molecule has 0 aromatic heterocycles. The van der Waals surface area contributed by atoms with Crippen LogP contribution in [0.15, 0.2) is 0 Å². The van der Waals surface area contributed by atoms with Crippen molar-refractivity contribution in [1.29, 1.82) is 0 Å². The van der Waals surface area contributed by atoms with Crippen molar-refractivity contribution in [3.63, 3.8) is 0 Å². The van der Waals surface area contributed by atoms with E-state index in [1.54, 1.807) is 0 Å². The molecule has 4 atom stereocenters. The van der Waals surface area contributed by atoms with Gasteiger partial charge in [0.1, 0.15) is 12.2 Å². The summed E-state index contributed by atoms with van der Waals surface area (Å²) in [5.41, 5.74) is 0. The Hall–Kier alpha value is -0.166. The van der Waals surface area contributed by atoms with Gasteiger partial charge in [-0.25, -0.2) is 0 Å². The van der Waals surface area contributed by atoms with Crippen molar-refractivity contribution in [1.82, 2.24) is 0 Å². The first kappa shape index (κ1) is 24.1. The fourth-order valence-electron chi connectivity index (χ4n) is 0.739. The van der Waals surface area contributed by atoms with Gasteiger partial charge in [0.2, 0.25) is 0 Å². The van der Waals surface area contributed by atoms with Gasteiger partial charge in [-0.1, -0.05) is 0 Å². The Balaban J connectivity index is 0. The number of rotatable bonds is 3. The molecule has 118 valence electrons. The van der Waals surface area contributed by atoms with E-state index in [1.807, 2.05) is 0 Å². The van der Waals surface area contributed by atoms with Crippen LogP contribution in [-0.2, 0) is 26.7 Å². The van der Waals surface area contributed by atoms with Gasteiger partial charge < -0.3 is 30.0 Å². The molecule has 1 rings (SSSR count). The van der Waals surface area contributed by atoms with Gasteiger partial charge in [0.25, 0.3) is 0 Å². The van der Waals surface area contributed by atoms with Crippen molar-refractivity contribution in [2.45, 2.75) is 24.4 Å². The van der Waals surface area contributed by atoms with Crippen LogP contribution in [0.25, 0.3) is 0 Å². The topological polar surface area (TPSA) is 214 Å². The van der Waals surface area contributed by atoms with Crippen LogP contribution in [0.3, 0.4) is 0 Å². The maximum absolute atomic E-state index is 10.5. The Labute approximate surface area is 169 Å². The summed E-state index contributed by atoms with van der Waals surface area (Å²) < 4.78 is 8.58. The van der Waals surface area contributed by atoms with Crippen LogP contribution in [0.4, 0.5) is 0 Å². The first-order chi connectivity index (χ1) is 9.59. The number of aliphatic hydroxyl groups excluding tert-OH is 4. The predicted molar refractivity (Wildman–Crippen MR) is 57.7 cm³/mol. The molecule has 14 heteroatoms. The second-order valence-electron chi connectivity index (χ2n) is 3.34. The van der Waals surface area contributed by atoms with Crippen LogP contribution in [0.5, 0.6) is 0 Å². The molecule has 0 amide bonds. The molecule has 1 aliphatic rings. The van der Waals surface area contributed by atoms with Crippen LogP contribution in [0.2, 0.25) is 0 Å². The zero-order chi connectivity index (χ0) is 16.7. The summed E-state index contributed by atoms with van der Waals surface area (Å²) in [6.45, 7) is 0. The second kappa shape index (κ2) is 11.4. The second-order valence-corrected chi connectivity index (χ2v) is 4.55. The van der Waals surface area contributed by atoms with E-state index in [0.717, 1.165) is 0 Å². The number of hydrogen-bond acceptors (Lipinski definition) is 12. The fraction of sp³-hybridized carbons (Fsp3) is 0.500. The smallest absolute Gasteiger partial charge is 2.00 e. The SMILES string of the molecule is O=C([O-])C(O)C(O)C(=O)[O-].O=C1[O][Ge][O]C(=O)C(O)C1O.[Ba+2]. The molecule has 4 N–H and O–H groups in total. The van der Waals surface area contributed by atoms with Crippen molar-refractivity contribution < 1.29 is 57.3 Å². The van der Waals surface area contributed by atoms with Crippen LogP contribution in [-0.4, -0.2) is 134 Å². The zero-order valence-electron chi connectivity index (χ0n) is 10.6. The molecule has 1 saturated heterocycles. The molecule has 0 aliphatic carbocycles. The van der Waals surface area contributed by atoms with Crippen molar-refractivity contribution in [3.05, 3.63) is 0 Å². The van der Waals surface area contributed by atoms with Crippen molar-refractivity contribution in [3.8, 4) is 0 Å². The summed E-state index contributed by atoms with van der Waals surface area (Å²) >= 11 is -1.59. The molecular formula is C8H8BaGeO12. The number of aliphatic hydroxyl groups is 4. The van der Waals surface area contributed by atoms with Crippen LogP contribution in [0.1, 0.15) is 0 Å². The fourth-order valence-corrected chi connectivity index (χ4v) is 1.68. The number of carbonyl (C=O) groups is 4. The van der Waals surface area contributed by atoms with E-state index in [1.165, 1.54) is 0 Å². The molecule has 0 spiro atoms. The Bertz CT molecular complexity index is 389. The molecule has 12 nitrogen and oxygen atoms in total. The molecule has 1 aliphatic heterocycles.